The molecule has 0 aliphatic rings. The lowest BCUT2D eigenvalue weighted by atomic mass is 10.3. The number of allylic oxidation sites excluding steroid dienone is 1. The summed E-state index contributed by atoms with van der Waals surface area (Å²) in [5.41, 5.74) is 0.905. The second-order valence-electron chi connectivity index (χ2n) is 2.56. The van der Waals surface area contributed by atoms with E-state index in [-0.39, 0.29) is 10.8 Å². The van der Waals surface area contributed by atoms with Crippen molar-refractivity contribution in [3.8, 4) is 0 Å². The summed E-state index contributed by atoms with van der Waals surface area (Å²) in [6.07, 6.45) is 1.49. The van der Waals surface area contributed by atoms with Gasteiger partial charge in [-0.2, -0.15) is 0 Å². The molecule has 1 rings (SSSR count). The number of hydrogen-bond donors (Lipinski definition) is 1. The van der Waals surface area contributed by atoms with Crippen LogP contribution in [0, 0.1) is 0 Å². The highest BCUT2D eigenvalue weighted by Crippen LogP contribution is 2.07. The van der Waals surface area contributed by atoms with Crippen LogP contribution in [-0.2, 0) is 4.79 Å². The van der Waals surface area contributed by atoms with E-state index < -0.39 is 0 Å². The molecule has 0 heterocycles. The number of carbonyl (C=O) groups excluding carboxylic acids is 1. The van der Waals surface area contributed by atoms with Crippen molar-refractivity contribution in [2.24, 2.45) is 0 Å². The van der Waals surface area contributed by atoms with Gasteiger partial charge in [-0.05, 0) is 12.1 Å². The molecular weight excluding hydrogens is 186 g/mol. The molecule has 3 heteroatoms. The summed E-state index contributed by atoms with van der Waals surface area (Å²) in [5.74, 6) is -0.148. The standard InChI is InChI=1S/C10H10ClNO/c1-8(13)10(11)7-12-9-5-3-2-4-6-9/h2-7,12H,1H3. The summed E-state index contributed by atoms with van der Waals surface area (Å²) in [7, 11) is 0. The van der Waals surface area contributed by atoms with E-state index in [4.69, 9.17) is 11.6 Å². The van der Waals surface area contributed by atoms with E-state index in [2.05, 4.69) is 5.32 Å². The maximum atomic E-state index is 10.7. The SMILES string of the molecule is CC(=O)C(Cl)=CNc1ccccc1. The van der Waals surface area contributed by atoms with Gasteiger partial charge in [-0.25, -0.2) is 0 Å². The van der Waals surface area contributed by atoms with Crippen molar-refractivity contribution < 1.29 is 4.79 Å². The molecule has 0 radical (unpaired) electrons. The number of carbonyl (C=O) groups is 1. The van der Waals surface area contributed by atoms with E-state index in [1.807, 2.05) is 30.3 Å². The smallest absolute Gasteiger partial charge is 0.172 e. The van der Waals surface area contributed by atoms with Crippen LogP contribution in [0.5, 0.6) is 0 Å². The Bertz CT molecular complexity index is 319. The van der Waals surface area contributed by atoms with Gasteiger partial charge in [0.05, 0.1) is 5.03 Å². The van der Waals surface area contributed by atoms with Crippen molar-refractivity contribution in [3.05, 3.63) is 41.6 Å². The number of ketones is 1. The molecule has 0 spiro atoms. The molecule has 1 aromatic carbocycles. The molecule has 0 unspecified atom stereocenters. The highest BCUT2D eigenvalue weighted by Gasteiger charge is 1.96. The van der Waals surface area contributed by atoms with Gasteiger partial charge < -0.3 is 5.32 Å². The van der Waals surface area contributed by atoms with Gasteiger partial charge in [0.15, 0.2) is 5.78 Å². The van der Waals surface area contributed by atoms with Gasteiger partial charge in [0.1, 0.15) is 0 Å². The number of nitrogens with one attached hydrogen (secondary N) is 1. The zero-order chi connectivity index (χ0) is 9.68. The van der Waals surface area contributed by atoms with Crippen molar-refractivity contribution >= 4 is 23.1 Å². The largest absolute Gasteiger partial charge is 0.360 e. The Balaban J connectivity index is 2.62. The molecule has 2 nitrogen and oxygen atoms in total. The molecule has 0 aliphatic carbocycles. The summed E-state index contributed by atoms with van der Waals surface area (Å²) in [6.45, 7) is 1.42. The van der Waals surface area contributed by atoms with E-state index >= 15 is 0 Å². The van der Waals surface area contributed by atoms with Crippen LogP contribution in [0.1, 0.15) is 6.92 Å². The number of benzene rings is 1. The van der Waals surface area contributed by atoms with Crippen molar-refractivity contribution in [3.63, 3.8) is 0 Å². The molecule has 0 fully saturated rings. The molecule has 1 aromatic rings. The third-order valence-corrected chi connectivity index (χ3v) is 1.85. The Labute approximate surface area is 82.2 Å². The zero-order valence-electron chi connectivity index (χ0n) is 7.25. The number of halogens is 1. The fraction of sp³-hybridized carbons (Fsp3) is 0.100. The van der Waals surface area contributed by atoms with Crippen molar-refractivity contribution in [2.45, 2.75) is 6.92 Å². The number of Topliss-reactive ketones (excluding diaryl/α,β-unsaturated/α-hetero) is 1. The van der Waals surface area contributed by atoms with Crippen LogP contribution in [0.2, 0.25) is 0 Å². The summed E-state index contributed by atoms with van der Waals surface area (Å²) < 4.78 is 0. The van der Waals surface area contributed by atoms with E-state index in [0.29, 0.717) is 0 Å². The first-order chi connectivity index (χ1) is 6.20. The first-order valence-corrected chi connectivity index (χ1v) is 4.26. The van der Waals surface area contributed by atoms with Crippen LogP contribution < -0.4 is 5.32 Å². The highest BCUT2D eigenvalue weighted by atomic mass is 35.5. The fourth-order valence-corrected chi connectivity index (χ4v) is 0.837. The van der Waals surface area contributed by atoms with Gasteiger partial charge in [0.2, 0.25) is 0 Å². The molecule has 0 aromatic heterocycles. The summed E-state index contributed by atoms with van der Waals surface area (Å²) >= 11 is 5.61. The minimum absolute atomic E-state index is 0.148. The average Bonchev–Trinajstić information content (AvgIpc) is 2.15. The van der Waals surface area contributed by atoms with Crippen LogP contribution in [0.25, 0.3) is 0 Å². The van der Waals surface area contributed by atoms with Crippen LogP contribution >= 0.6 is 11.6 Å². The Kier molecular flexibility index (Phi) is 3.53. The second-order valence-corrected chi connectivity index (χ2v) is 2.97. The number of para-hydroxylation sites is 1. The van der Waals surface area contributed by atoms with Gasteiger partial charge in [0.25, 0.3) is 0 Å². The first-order valence-electron chi connectivity index (χ1n) is 3.88. The van der Waals surface area contributed by atoms with Crippen molar-refractivity contribution in [2.75, 3.05) is 5.32 Å². The fourth-order valence-electron chi connectivity index (χ4n) is 0.783. The summed E-state index contributed by atoms with van der Waals surface area (Å²) in [4.78, 5) is 10.7. The molecule has 0 atom stereocenters. The van der Waals surface area contributed by atoms with Crippen LogP contribution in [-0.4, -0.2) is 5.78 Å². The van der Waals surface area contributed by atoms with Gasteiger partial charge >= 0.3 is 0 Å². The Morgan fingerprint density at radius 1 is 1.38 bits per heavy atom. The molecule has 0 saturated heterocycles. The number of anilines is 1. The average molecular weight is 196 g/mol. The molecule has 1 N–H and O–H groups in total. The topological polar surface area (TPSA) is 29.1 Å². The Morgan fingerprint density at radius 2 is 2.00 bits per heavy atom. The number of rotatable bonds is 3. The van der Waals surface area contributed by atoms with Crippen molar-refractivity contribution in [1.82, 2.24) is 0 Å². The maximum Gasteiger partial charge on any atom is 0.172 e. The van der Waals surface area contributed by atoms with Gasteiger partial charge in [-0.15, -0.1) is 0 Å². The van der Waals surface area contributed by atoms with E-state index in [1.165, 1.54) is 13.1 Å². The molecule has 0 amide bonds. The Morgan fingerprint density at radius 3 is 2.54 bits per heavy atom. The third kappa shape index (κ3) is 3.30. The lowest BCUT2D eigenvalue weighted by molar-refractivity contribution is -0.113. The minimum Gasteiger partial charge on any atom is -0.360 e. The van der Waals surface area contributed by atoms with Crippen LogP contribution in [0.3, 0.4) is 0 Å². The molecule has 0 aliphatic heterocycles. The normalized spacial score (nSPS) is 11.1. The molecule has 13 heavy (non-hydrogen) atoms. The van der Waals surface area contributed by atoms with Gasteiger partial charge in [-0.1, -0.05) is 29.8 Å². The van der Waals surface area contributed by atoms with E-state index in [1.54, 1.807) is 0 Å². The molecular formula is C10H10ClNO. The van der Waals surface area contributed by atoms with E-state index in [0.717, 1.165) is 5.69 Å². The molecule has 0 bridgehead atoms. The maximum absolute atomic E-state index is 10.7. The predicted molar refractivity (Wildman–Crippen MR) is 54.7 cm³/mol. The predicted octanol–water partition coefficient (Wildman–Crippen LogP) is 2.77. The molecule has 68 valence electrons. The second kappa shape index (κ2) is 4.67. The lowest BCUT2D eigenvalue weighted by Gasteiger charge is -1.99. The summed E-state index contributed by atoms with van der Waals surface area (Å²) in [6, 6.07) is 9.50. The lowest BCUT2D eigenvalue weighted by Crippen LogP contribution is -1.94. The Hall–Kier alpha value is -1.28. The van der Waals surface area contributed by atoms with E-state index in [9.17, 15) is 4.79 Å². The molecule has 0 saturated carbocycles. The van der Waals surface area contributed by atoms with Crippen LogP contribution in [0.4, 0.5) is 5.69 Å². The van der Waals surface area contributed by atoms with Gasteiger partial charge in [0, 0.05) is 18.8 Å². The van der Waals surface area contributed by atoms with Crippen molar-refractivity contribution in [1.29, 1.82) is 0 Å². The monoisotopic (exact) mass is 195 g/mol. The van der Waals surface area contributed by atoms with Crippen LogP contribution in [0.15, 0.2) is 41.6 Å². The summed E-state index contributed by atoms with van der Waals surface area (Å²) in [5, 5.41) is 3.11. The highest BCUT2D eigenvalue weighted by molar-refractivity contribution is 6.42. The minimum atomic E-state index is -0.148. The third-order valence-electron chi connectivity index (χ3n) is 1.48. The first kappa shape index (κ1) is 9.81. The number of hydrogen-bond acceptors (Lipinski definition) is 2. The quantitative estimate of drug-likeness (QED) is 0.752. The van der Waals surface area contributed by atoms with Gasteiger partial charge in [-0.3, -0.25) is 4.79 Å². The zero-order valence-corrected chi connectivity index (χ0v) is 8.01.